The molecule has 7 aromatic carbocycles. The van der Waals surface area contributed by atoms with Gasteiger partial charge in [0.05, 0.1) is 22.0 Å². The number of benzene rings is 7. The van der Waals surface area contributed by atoms with Gasteiger partial charge in [0, 0.05) is 16.5 Å². The van der Waals surface area contributed by atoms with Crippen molar-refractivity contribution in [3.8, 4) is 27.9 Å². The van der Waals surface area contributed by atoms with Crippen LogP contribution in [0.15, 0.2) is 151 Å². The van der Waals surface area contributed by atoms with Crippen LogP contribution in [-0.4, -0.2) is 4.57 Å². The molecule has 1 aromatic heterocycles. The number of hydrogen-bond acceptors (Lipinski definition) is 0. The Kier molecular flexibility index (Phi) is 3.42. The summed E-state index contributed by atoms with van der Waals surface area (Å²) in [7, 11) is 0. The monoisotopic (exact) mass is 503 g/mol. The molecule has 1 nitrogen and oxygen atoms in total. The van der Waals surface area contributed by atoms with Gasteiger partial charge in [0.25, 0.3) is 0 Å². The molecule has 0 N–H and O–H groups in total. The maximum absolute atomic E-state index is 9.12. The molecule has 8 aromatic rings. The molecule has 0 amide bonds. The van der Waals surface area contributed by atoms with E-state index in [-0.39, 0.29) is 45.7 Å². The van der Waals surface area contributed by atoms with Gasteiger partial charge in [-0.2, -0.15) is 0 Å². The number of para-hydroxylation sites is 2. The molecule has 0 atom stereocenters. The van der Waals surface area contributed by atoms with E-state index in [0.29, 0.717) is 22.3 Å². The zero-order valence-corrected chi connectivity index (χ0v) is 20.8. The van der Waals surface area contributed by atoms with E-state index in [1.807, 2.05) is 54.6 Å². The summed E-state index contributed by atoms with van der Waals surface area (Å²) in [6.07, 6.45) is 0. The molecule has 182 valence electrons. The number of fused-ring (bicyclic) bond motifs is 5. The normalized spacial score (nSPS) is 14.5. The highest BCUT2D eigenvalue weighted by atomic mass is 15.0. The van der Waals surface area contributed by atoms with E-state index < -0.39 is 24.2 Å². The van der Waals surface area contributed by atoms with Crippen molar-refractivity contribution in [3.63, 3.8) is 0 Å². The van der Waals surface area contributed by atoms with Crippen molar-refractivity contribution in [1.29, 1.82) is 0 Å². The lowest BCUT2D eigenvalue weighted by Gasteiger charge is -2.18. The van der Waals surface area contributed by atoms with Gasteiger partial charge in [0.1, 0.15) is 0 Å². The van der Waals surface area contributed by atoms with Crippen molar-refractivity contribution in [3.05, 3.63) is 151 Å². The van der Waals surface area contributed by atoms with Crippen LogP contribution in [0.4, 0.5) is 0 Å². The molecule has 0 aliphatic rings. The van der Waals surface area contributed by atoms with Crippen molar-refractivity contribution in [2.24, 2.45) is 0 Å². The van der Waals surface area contributed by atoms with Crippen LogP contribution in [0.3, 0.4) is 0 Å². The fourth-order valence-electron chi connectivity index (χ4n) is 5.79. The third-order valence-electron chi connectivity index (χ3n) is 7.43. The van der Waals surface area contributed by atoms with Gasteiger partial charge < -0.3 is 4.57 Å². The summed E-state index contributed by atoms with van der Waals surface area (Å²) in [6, 6.07) is 30.2. The molecule has 0 fully saturated rings. The van der Waals surface area contributed by atoms with Gasteiger partial charge >= 0.3 is 0 Å². The minimum Gasteiger partial charge on any atom is -0.309 e. The van der Waals surface area contributed by atoms with Gasteiger partial charge in [-0.1, -0.05) is 127 Å². The topological polar surface area (TPSA) is 4.93 Å². The van der Waals surface area contributed by atoms with Crippen molar-refractivity contribution in [2.45, 2.75) is 0 Å². The molecule has 0 bridgehead atoms. The second-order valence-electron chi connectivity index (χ2n) is 9.53. The van der Waals surface area contributed by atoms with Crippen LogP contribution in [0.1, 0.15) is 11.0 Å². The van der Waals surface area contributed by atoms with E-state index >= 15 is 0 Å². The highest BCUT2D eigenvalue weighted by Crippen LogP contribution is 2.43. The number of aromatic nitrogens is 1. The van der Waals surface area contributed by atoms with Gasteiger partial charge in [0.2, 0.25) is 0 Å². The van der Waals surface area contributed by atoms with E-state index in [0.717, 1.165) is 27.5 Å². The Hall–Kier alpha value is -5.14. The highest BCUT2D eigenvalue weighted by molar-refractivity contribution is 6.21. The van der Waals surface area contributed by atoms with E-state index in [1.165, 1.54) is 0 Å². The van der Waals surface area contributed by atoms with Crippen molar-refractivity contribution >= 4 is 43.4 Å². The molecule has 8 rings (SSSR count). The van der Waals surface area contributed by atoms with Crippen LogP contribution in [0, 0.1) is 0 Å². The van der Waals surface area contributed by atoms with E-state index in [2.05, 4.69) is 28.8 Å². The summed E-state index contributed by atoms with van der Waals surface area (Å²) in [5, 5.41) is 3.07. The average Bonchev–Trinajstić information content (AvgIpc) is 3.45. The number of rotatable bonds is 3. The van der Waals surface area contributed by atoms with Gasteiger partial charge in [-0.3, -0.25) is 0 Å². The van der Waals surface area contributed by atoms with Gasteiger partial charge in [0.15, 0.2) is 0 Å². The molecular weight excluding hydrogens is 470 g/mol. The van der Waals surface area contributed by atoms with E-state index in [1.54, 1.807) is 24.3 Å². The quantitative estimate of drug-likeness (QED) is 0.211. The standard InChI is InChI=1S/C38H25N/c1-2-12-26(13-3-1)37-31-16-4-6-18-33(31)38(34-19-7-5-17-32(34)37)27-22-24-28(25-23-27)39-35-20-10-8-14-29(35)30-15-9-11-21-36(30)39/h1-25H/i4D,5D,6D,7D,16D,17D,18D,19D. The summed E-state index contributed by atoms with van der Waals surface area (Å²) in [5.74, 6) is 0. The largest absolute Gasteiger partial charge is 0.309 e. The molecule has 0 unspecified atom stereocenters. The lowest BCUT2D eigenvalue weighted by atomic mass is 9.86. The predicted octanol–water partition coefficient (Wildman–Crippen LogP) is 10.4. The SMILES string of the molecule is [2H]c1c([2H])c([2H])c2c(-c3ccc(-n4c5ccccc5c5ccccc54)cc3)c3c([2H])c([2H])c([2H])c([2H])c3c(-c3ccccc3)c2c1[2H]. The Balaban J connectivity index is 1.53. The summed E-state index contributed by atoms with van der Waals surface area (Å²) in [6.45, 7) is 0. The molecule has 1 heteroatoms. The van der Waals surface area contributed by atoms with Crippen molar-refractivity contribution in [1.82, 2.24) is 4.57 Å². The fraction of sp³-hybridized carbons (Fsp3) is 0. The van der Waals surface area contributed by atoms with Crippen molar-refractivity contribution in [2.75, 3.05) is 0 Å². The predicted molar refractivity (Wildman–Crippen MR) is 167 cm³/mol. The fourth-order valence-corrected chi connectivity index (χ4v) is 5.79. The minimum absolute atomic E-state index is 0.206. The third-order valence-corrected chi connectivity index (χ3v) is 7.43. The van der Waals surface area contributed by atoms with Crippen LogP contribution in [0.2, 0.25) is 0 Å². The second kappa shape index (κ2) is 8.72. The minimum atomic E-state index is -0.412. The van der Waals surface area contributed by atoms with Crippen LogP contribution >= 0.6 is 0 Å². The molecular formula is C38H25N. The summed E-state index contributed by atoms with van der Waals surface area (Å²) >= 11 is 0. The lowest BCUT2D eigenvalue weighted by Crippen LogP contribution is -1.94. The molecule has 0 saturated carbocycles. The summed E-state index contributed by atoms with van der Waals surface area (Å²) in [5.41, 5.74) is 4.79. The van der Waals surface area contributed by atoms with Crippen LogP contribution in [0.25, 0.3) is 71.3 Å². The molecule has 0 saturated heterocycles. The third kappa shape index (κ3) is 3.34. The van der Waals surface area contributed by atoms with Crippen molar-refractivity contribution < 1.29 is 11.0 Å². The molecule has 0 spiro atoms. The first-order chi connectivity index (χ1) is 22.7. The Bertz CT molecular complexity index is 2460. The maximum atomic E-state index is 9.12. The number of hydrogen-bond donors (Lipinski definition) is 0. The first-order valence-electron chi connectivity index (χ1n) is 16.8. The zero-order valence-electron chi connectivity index (χ0n) is 28.8. The van der Waals surface area contributed by atoms with Gasteiger partial charge in [-0.25, -0.2) is 0 Å². The molecule has 0 radical (unpaired) electrons. The first kappa shape index (κ1) is 15.3. The van der Waals surface area contributed by atoms with Gasteiger partial charge in [-0.15, -0.1) is 0 Å². The Morgan fingerprint density at radius 2 is 0.795 bits per heavy atom. The average molecular weight is 504 g/mol. The van der Waals surface area contributed by atoms with Gasteiger partial charge in [-0.05, 0) is 68.1 Å². The van der Waals surface area contributed by atoms with Crippen LogP contribution < -0.4 is 0 Å². The highest BCUT2D eigenvalue weighted by Gasteiger charge is 2.17. The van der Waals surface area contributed by atoms with E-state index in [9.17, 15) is 0 Å². The maximum Gasteiger partial charge on any atom is 0.0629 e. The lowest BCUT2D eigenvalue weighted by molar-refractivity contribution is 1.18. The Labute approximate surface area is 238 Å². The molecule has 1 heterocycles. The Morgan fingerprint density at radius 3 is 1.28 bits per heavy atom. The summed E-state index contributed by atoms with van der Waals surface area (Å²) < 4.78 is 72.9. The molecule has 0 aliphatic carbocycles. The number of nitrogens with zero attached hydrogens (tertiary/aromatic N) is 1. The first-order valence-corrected chi connectivity index (χ1v) is 12.8. The summed E-state index contributed by atoms with van der Waals surface area (Å²) in [4.78, 5) is 0. The smallest absolute Gasteiger partial charge is 0.0629 e. The van der Waals surface area contributed by atoms with Crippen LogP contribution in [-0.2, 0) is 0 Å². The Morgan fingerprint density at radius 1 is 0.385 bits per heavy atom. The van der Waals surface area contributed by atoms with E-state index in [4.69, 9.17) is 11.0 Å². The molecule has 0 aliphatic heterocycles. The second-order valence-corrected chi connectivity index (χ2v) is 9.53. The van der Waals surface area contributed by atoms with Crippen LogP contribution in [0.5, 0.6) is 0 Å². The molecule has 39 heavy (non-hydrogen) atoms. The zero-order chi connectivity index (χ0) is 32.7.